The van der Waals surface area contributed by atoms with Gasteiger partial charge in [-0.1, -0.05) is 78.9 Å². The van der Waals surface area contributed by atoms with Crippen molar-refractivity contribution in [3.63, 3.8) is 0 Å². The normalized spacial score (nSPS) is 22.2. The summed E-state index contributed by atoms with van der Waals surface area (Å²) in [4.78, 5) is 27.5. The molecule has 2 amide bonds. The van der Waals surface area contributed by atoms with Crippen LogP contribution in [-0.2, 0) is 43.3 Å². The summed E-state index contributed by atoms with van der Waals surface area (Å²) >= 11 is 0. The molecule has 2 heterocycles. The maximum atomic E-state index is 12.7. The van der Waals surface area contributed by atoms with Crippen LogP contribution in [0.5, 0.6) is 0 Å². The maximum Gasteiger partial charge on any atom is 0.328 e. The average molecular weight is 632 g/mol. The summed E-state index contributed by atoms with van der Waals surface area (Å²) in [7, 11) is 3.06. The number of aliphatic hydroxyl groups excluding tert-OH is 1. The lowest BCUT2D eigenvalue weighted by molar-refractivity contribution is -0.253. The Bertz CT molecular complexity index is 1390. The molecule has 0 saturated carbocycles. The number of ether oxygens (including phenoxy) is 4. The van der Waals surface area contributed by atoms with Gasteiger partial charge in [0.15, 0.2) is 6.29 Å². The van der Waals surface area contributed by atoms with Gasteiger partial charge in [-0.3, -0.25) is 4.90 Å². The number of benzene rings is 3. The summed E-state index contributed by atoms with van der Waals surface area (Å²) in [6.45, 7) is 2.81. The van der Waals surface area contributed by atoms with E-state index in [0.717, 1.165) is 60.2 Å². The van der Waals surface area contributed by atoms with E-state index in [0.29, 0.717) is 19.1 Å². The third-order valence-electron chi connectivity index (χ3n) is 8.69. The smallest absolute Gasteiger partial charge is 0.328 e. The number of nitrogens with zero attached hydrogens (tertiary/aromatic N) is 1. The Kier molecular flexibility index (Phi) is 12.2. The average Bonchev–Trinajstić information content (AvgIpc) is 3.53. The molecule has 0 unspecified atom stereocenters. The SMILES string of the molecule is COC[C@@H]1CCCN1C[C@H]1C[C@@H](c2ccc(CO)cc2)O[C@@H](c2ccc(CNC(=O)N[C@@H](Cc3ccccc3)C(=O)OC)cc2)O1. The second kappa shape index (κ2) is 16.7. The molecule has 2 aliphatic heterocycles. The van der Waals surface area contributed by atoms with Crippen molar-refractivity contribution in [2.45, 2.75) is 69.4 Å². The Labute approximate surface area is 271 Å². The minimum atomic E-state index is -0.804. The Balaban J connectivity index is 1.22. The number of carbonyl (C=O) groups is 2. The molecular weight excluding hydrogens is 586 g/mol. The van der Waals surface area contributed by atoms with Gasteiger partial charge in [-0.2, -0.15) is 0 Å². The van der Waals surface area contributed by atoms with Gasteiger partial charge in [0.05, 0.1) is 32.5 Å². The second-order valence-corrected chi connectivity index (χ2v) is 11.9. The third kappa shape index (κ3) is 9.14. The first-order valence-corrected chi connectivity index (χ1v) is 15.9. The Hall–Kier alpha value is -3.80. The molecule has 0 aliphatic carbocycles. The third-order valence-corrected chi connectivity index (χ3v) is 8.69. The van der Waals surface area contributed by atoms with Crippen molar-refractivity contribution in [1.29, 1.82) is 0 Å². The number of esters is 1. The fourth-order valence-electron chi connectivity index (χ4n) is 6.18. The van der Waals surface area contributed by atoms with E-state index in [2.05, 4.69) is 15.5 Å². The van der Waals surface area contributed by atoms with E-state index in [4.69, 9.17) is 18.9 Å². The van der Waals surface area contributed by atoms with Crippen LogP contribution in [0.3, 0.4) is 0 Å². The van der Waals surface area contributed by atoms with Crippen LogP contribution >= 0.6 is 0 Å². The minimum Gasteiger partial charge on any atom is -0.467 e. The number of hydrogen-bond acceptors (Lipinski definition) is 8. The monoisotopic (exact) mass is 631 g/mol. The maximum absolute atomic E-state index is 12.7. The lowest BCUT2D eigenvalue weighted by Gasteiger charge is -2.38. The van der Waals surface area contributed by atoms with Crippen molar-refractivity contribution in [1.82, 2.24) is 15.5 Å². The lowest BCUT2D eigenvalue weighted by Crippen LogP contribution is -2.47. The molecule has 0 aromatic heterocycles. The molecule has 2 saturated heterocycles. The van der Waals surface area contributed by atoms with Crippen LogP contribution in [0.15, 0.2) is 78.9 Å². The number of methoxy groups -OCH3 is 2. The molecule has 2 fully saturated rings. The van der Waals surface area contributed by atoms with Crippen molar-refractivity contribution in [3.8, 4) is 0 Å². The van der Waals surface area contributed by atoms with Gasteiger partial charge in [0.2, 0.25) is 0 Å². The van der Waals surface area contributed by atoms with E-state index in [9.17, 15) is 14.7 Å². The summed E-state index contributed by atoms with van der Waals surface area (Å²) in [5, 5.41) is 15.1. The molecule has 46 heavy (non-hydrogen) atoms. The first-order valence-electron chi connectivity index (χ1n) is 15.9. The Morgan fingerprint density at radius 3 is 2.35 bits per heavy atom. The zero-order chi connectivity index (χ0) is 32.3. The minimum absolute atomic E-state index is 0.00156. The van der Waals surface area contributed by atoms with E-state index in [1.165, 1.54) is 7.11 Å². The second-order valence-electron chi connectivity index (χ2n) is 11.9. The summed E-state index contributed by atoms with van der Waals surface area (Å²) < 4.78 is 23.4. The van der Waals surface area contributed by atoms with Gasteiger partial charge in [0.25, 0.3) is 0 Å². The number of carbonyl (C=O) groups excluding carboxylic acids is 2. The quantitative estimate of drug-likeness (QED) is 0.238. The summed E-state index contributed by atoms with van der Waals surface area (Å²) in [6.07, 6.45) is 2.56. The summed E-state index contributed by atoms with van der Waals surface area (Å²) in [5.41, 5.74) is 4.61. The van der Waals surface area contributed by atoms with Gasteiger partial charge in [-0.15, -0.1) is 0 Å². The standard InChI is InChI=1S/C36H45N3O7/c1-43-24-30-9-6-18-39(30)22-31-20-33(28-14-12-27(23-40)13-15-28)46-35(45-31)29-16-10-26(11-17-29)21-37-36(42)38-32(34(41)44-2)19-25-7-4-3-5-8-25/h3-5,7-8,10-17,30-33,35,40H,6,9,18-24H2,1-2H3,(H2,37,38,42)/t30-,31+,32-,33-,35-/m0/s1. The molecule has 2 aliphatic rings. The number of nitrogens with one attached hydrogen (secondary N) is 2. The van der Waals surface area contributed by atoms with Crippen LogP contribution in [0.25, 0.3) is 0 Å². The fraction of sp³-hybridized carbons (Fsp3) is 0.444. The van der Waals surface area contributed by atoms with E-state index < -0.39 is 24.3 Å². The molecule has 10 heteroatoms. The summed E-state index contributed by atoms with van der Waals surface area (Å²) in [6, 6.07) is 24.3. The molecule has 0 spiro atoms. The molecule has 3 aromatic carbocycles. The Morgan fingerprint density at radius 1 is 0.935 bits per heavy atom. The number of rotatable bonds is 13. The van der Waals surface area contributed by atoms with Crippen molar-refractivity contribution in [3.05, 3.63) is 107 Å². The van der Waals surface area contributed by atoms with Crippen molar-refractivity contribution in [2.24, 2.45) is 0 Å². The van der Waals surface area contributed by atoms with Crippen LogP contribution in [0.2, 0.25) is 0 Å². The van der Waals surface area contributed by atoms with Crippen molar-refractivity contribution >= 4 is 12.0 Å². The number of amides is 2. The number of urea groups is 1. The van der Waals surface area contributed by atoms with Crippen LogP contribution < -0.4 is 10.6 Å². The predicted molar refractivity (Wildman–Crippen MR) is 173 cm³/mol. The zero-order valence-corrected chi connectivity index (χ0v) is 26.6. The van der Waals surface area contributed by atoms with E-state index >= 15 is 0 Å². The topological polar surface area (TPSA) is 119 Å². The number of aliphatic hydroxyl groups is 1. The molecule has 5 rings (SSSR count). The molecule has 246 valence electrons. The number of hydrogen-bond donors (Lipinski definition) is 3. The van der Waals surface area contributed by atoms with E-state index in [-0.39, 0.29) is 25.4 Å². The molecule has 0 bridgehead atoms. The van der Waals surface area contributed by atoms with Gasteiger partial charge in [-0.05, 0) is 41.6 Å². The van der Waals surface area contributed by atoms with Gasteiger partial charge in [0, 0.05) is 44.6 Å². The summed E-state index contributed by atoms with van der Waals surface area (Å²) in [5.74, 6) is -0.504. The highest BCUT2D eigenvalue weighted by Crippen LogP contribution is 2.38. The van der Waals surface area contributed by atoms with Crippen LogP contribution in [-0.4, -0.2) is 74.1 Å². The molecule has 10 nitrogen and oxygen atoms in total. The van der Waals surface area contributed by atoms with E-state index in [1.807, 2.05) is 78.9 Å². The van der Waals surface area contributed by atoms with Crippen molar-refractivity contribution < 1.29 is 33.6 Å². The van der Waals surface area contributed by atoms with Crippen molar-refractivity contribution in [2.75, 3.05) is 33.9 Å². The first-order chi connectivity index (χ1) is 22.4. The highest BCUT2D eigenvalue weighted by molar-refractivity contribution is 5.83. The molecule has 0 radical (unpaired) electrons. The van der Waals surface area contributed by atoms with Gasteiger partial charge in [0.1, 0.15) is 6.04 Å². The first kappa shape index (κ1) is 33.6. The lowest BCUT2D eigenvalue weighted by atomic mass is 9.99. The highest BCUT2D eigenvalue weighted by Gasteiger charge is 2.35. The molecular formula is C36H45N3O7. The van der Waals surface area contributed by atoms with Crippen LogP contribution in [0, 0.1) is 0 Å². The molecule has 3 aromatic rings. The fourth-order valence-corrected chi connectivity index (χ4v) is 6.18. The molecule has 5 atom stereocenters. The molecule has 3 N–H and O–H groups in total. The highest BCUT2D eigenvalue weighted by atomic mass is 16.7. The van der Waals surface area contributed by atoms with Crippen LogP contribution in [0.4, 0.5) is 4.79 Å². The van der Waals surface area contributed by atoms with Gasteiger partial charge in [-0.25, -0.2) is 9.59 Å². The number of likely N-dealkylation sites (tertiary alicyclic amines) is 1. The van der Waals surface area contributed by atoms with Crippen LogP contribution in [0.1, 0.15) is 59.5 Å². The van der Waals surface area contributed by atoms with Gasteiger partial charge >= 0.3 is 12.0 Å². The largest absolute Gasteiger partial charge is 0.467 e. The zero-order valence-electron chi connectivity index (χ0n) is 26.6. The van der Waals surface area contributed by atoms with Gasteiger partial charge < -0.3 is 34.7 Å². The Morgan fingerprint density at radius 2 is 1.65 bits per heavy atom. The van der Waals surface area contributed by atoms with E-state index in [1.54, 1.807) is 7.11 Å². The predicted octanol–water partition coefficient (Wildman–Crippen LogP) is 4.42.